The second-order valence-corrected chi connectivity index (χ2v) is 7.12. The predicted octanol–water partition coefficient (Wildman–Crippen LogP) is 1.02. The highest BCUT2D eigenvalue weighted by Gasteiger charge is 2.24. The first-order valence-electron chi connectivity index (χ1n) is 7.43. The highest BCUT2D eigenvalue weighted by Crippen LogP contribution is 2.21. The Balaban J connectivity index is 1.66. The van der Waals surface area contributed by atoms with Crippen LogP contribution in [0.2, 0.25) is 0 Å². The molecule has 2 saturated heterocycles. The molecule has 2 heterocycles. The number of piperidine rings is 2. The van der Waals surface area contributed by atoms with Crippen LogP contribution < -0.4 is 5.32 Å². The van der Waals surface area contributed by atoms with Gasteiger partial charge in [-0.2, -0.15) is 0 Å². The first-order valence-corrected chi connectivity index (χ1v) is 8.48. The Bertz CT molecular complexity index is 284. The van der Waals surface area contributed by atoms with Crippen LogP contribution in [0, 0.1) is 0 Å². The van der Waals surface area contributed by atoms with Crippen molar-refractivity contribution in [2.24, 2.45) is 0 Å². The molecular formula is C14H27N3OS. The van der Waals surface area contributed by atoms with E-state index in [-0.39, 0.29) is 0 Å². The lowest BCUT2D eigenvalue weighted by atomic mass is 10.0. The van der Waals surface area contributed by atoms with E-state index < -0.39 is 0 Å². The van der Waals surface area contributed by atoms with E-state index in [1.54, 1.807) is 0 Å². The molecule has 5 heteroatoms. The minimum Gasteiger partial charge on any atom is -0.342 e. The zero-order valence-corrected chi connectivity index (χ0v) is 13.0. The largest absolute Gasteiger partial charge is 0.342 e. The molecular weight excluding hydrogens is 258 g/mol. The summed E-state index contributed by atoms with van der Waals surface area (Å²) in [6.45, 7) is 4.10. The number of likely N-dealkylation sites (tertiary alicyclic amines) is 1. The normalized spacial score (nSPS) is 23.0. The van der Waals surface area contributed by atoms with Crippen molar-refractivity contribution in [1.82, 2.24) is 15.1 Å². The van der Waals surface area contributed by atoms with Crippen LogP contribution in [0.25, 0.3) is 0 Å². The van der Waals surface area contributed by atoms with Crippen molar-refractivity contribution in [3.05, 3.63) is 0 Å². The molecule has 2 rings (SSSR count). The van der Waals surface area contributed by atoms with Gasteiger partial charge in [0, 0.05) is 24.4 Å². The van der Waals surface area contributed by atoms with Gasteiger partial charge in [-0.1, -0.05) is 0 Å². The Labute approximate surface area is 121 Å². The Hall–Kier alpha value is -0.260. The van der Waals surface area contributed by atoms with Crippen LogP contribution in [0.1, 0.15) is 25.7 Å². The van der Waals surface area contributed by atoms with Crippen LogP contribution >= 0.6 is 11.8 Å². The van der Waals surface area contributed by atoms with Crippen molar-refractivity contribution < 1.29 is 4.79 Å². The first kappa shape index (κ1) is 15.1. The molecule has 2 aliphatic rings. The van der Waals surface area contributed by atoms with E-state index in [1.807, 2.05) is 11.8 Å². The summed E-state index contributed by atoms with van der Waals surface area (Å²) >= 11 is 1.86. The number of carbonyl (C=O) groups excluding carboxylic acids is 1. The summed E-state index contributed by atoms with van der Waals surface area (Å²) in [5, 5.41) is 4.05. The molecule has 2 fully saturated rings. The molecule has 0 radical (unpaired) electrons. The number of nitrogens with zero attached hydrogens (tertiary/aromatic N) is 2. The Morgan fingerprint density at radius 3 is 2.42 bits per heavy atom. The van der Waals surface area contributed by atoms with Crippen LogP contribution in [-0.2, 0) is 4.79 Å². The second-order valence-electron chi connectivity index (χ2n) is 5.84. The van der Waals surface area contributed by atoms with Crippen molar-refractivity contribution >= 4 is 17.7 Å². The Morgan fingerprint density at radius 1 is 1.21 bits per heavy atom. The van der Waals surface area contributed by atoms with Crippen molar-refractivity contribution in [2.45, 2.75) is 37.0 Å². The maximum absolute atomic E-state index is 12.2. The Morgan fingerprint density at radius 2 is 1.84 bits per heavy atom. The molecule has 0 aromatic rings. The number of rotatable bonds is 4. The lowest BCUT2D eigenvalue weighted by molar-refractivity contribution is -0.129. The molecule has 110 valence electrons. The van der Waals surface area contributed by atoms with Crippen LogP contribution in [-0.4, -0.2) is 73.0 Å². The summed E-state index contributed by atoms with van der Waals surface area (Å²) in [7, 11) is 4.27. The van der Waals surface area contributed by atoms with E-state index in [2.05, 4.69) is 29.2 Å². The van der Waals surface area contributed by atoms with Gasteiger partial charge in [0.25, 0.3) is 0 Å². The average molecular weight is 285 g/mol. The fourth-order valence-electron chi connectivity index (χ4n) is 2.87. The second kappa shape index (κ2) is 7.50. The van der Waals surface area contributed by atoms with Crippen molar-refractivity contribution in [2.75, 3.05) is 46.0 Å². The third-order valence-electron chi connectivity index (χ3n) is 4.28. The smallest absolute Gasteiger partial charge is 0.232 e. The van der Waals surface area contributed by atoms with Gasteiger partial charge in [0.1, 0.15) is 0 Å². The number of hydrogen-bond donors (Lipinski definition) is 1. The van der Waals surface area contributed by atoms with Crippen LogP contribution in [0.3, 0.4) is 0 Å². The summed E-state index contributed by atoms with van der Waals surface area (Å²) in [4.78, 5) is 16.5. The fourth-order valence-corrected chi connectivity index (χ4v) is 4.00. The Kier molecular flexibility index (Phi) is 5.98. The van der Waals surface area contributed by atoms with Gasteiger partial charge in [-0.05, 0) is 52.9 Å². The predicted molar refractivity (Wildman–Crippen MR) is 81.6 cm³/mol. The van der Waals surface area contributed by atoms with Crippen LogP contribution in [0.15, 0.2) is 0 Å². The standard InChI is InChI=1S/C14H27N3OS/c1-16(2)12-5-9-17(10-6-12)14(18)11-19-13-3-7-15-8-4-13/h12-13,15H,3-11H2,1-2H3. The van der Waals surface area contributed by atoms with E-state index in [9.17, 15) is 4.79 Å². The molecule has 1 N–H and O–H groups in total. The van der Waals surface area contributed by atoms with Crippen LogP contribution in [0.5, 0.6) is 0 Å². The highest BCUT2D eigenvalue weighted by molar-refractivity contribution is 8.00. The SMILES string of the molecule is CN(C)C1CCN(C(=O)CSC2CCNCC2)CC1. The van der Waals surface area contributed by atoms with Gasteiger partial charge in [-0.25, -0.2) is 0 Å². The number of thioether (sulfide) groups is 1. The molecule has 2 aliphatic heterocycles. The van der Waals surface area contributed by atoms with E-state index in [0.717, 1.165) is 39.0 Å². The van der Waals surface area contributed by atoms with E-state index in [0.29, 0.717) is 23.0 Å². The molecule has 0 aromatic carbocycles. The molecule has 0 unspecified atom stereocenters. The van der Waals surface area contributed by atoms with Gasteiger partial charge >= 0.3 is 0 Å². The molecule has 0 saturated carbocycles. The van der Waals surface area contributed by atoms with E-state index in [1.165, 1.54) is 12.8 Å². The topological polar surface area (TPSA) is 35.6 Å². The van der Waals surface area contributed by atoms with Gasteiger partial charge in [0.05, 0.1) is 5.75 Å². The summed E-state index contributed by atoms with van der Waals surface area (Å²) in [6.07, 6.45) is 4.66. The lowest BCUT2D eigenvalue weighted by Crippen LogP contribution is -2.45. The molecule has 0 aliphatic carbocycles. The van der Waals surface area contributed by atoms with Gasteiger partial charge in [0.2, 0.25) is 5.91 Å². The number of hydrogen-bond acceptors (Lipinski definition) is 4. The van der Waals surface area contributed by atoms with Gasteiger partial charge < -0.3 is 15.1 Å². The summed E-state index contributed by atoms with van der Waals surface area (Å²) in [5.41, 5.74) is 0. The van der Waals surface area contributed by atoms with E-state index >= 15 is 0 Å². The number of carbonyl (C=O) groups is 1. The number of nitrogens with one attached hydrogen (secondary N) is 1. The summed E-state index contributed by atoms with van der Waals surface area (Å²) in [6, 6.07) is 0.654. The van der Waals surface area contributed by atoms with Crippen LogP contribution in [0.4, 0.5) is 0 Å². The number of amides is 1. The molecule has 19 heavy (non-hydrogen) atoms. The van der Waals surface area contributed by atoms with Gasteiger partial charge in [0.15, 0.2) is 0 Å². The molecule has 4 nitrogen and oxygen atoms in total. The van der Waals surface area contributed by atoms with Crippen molar-refractivity contribution in [1.29, 1.82) is 0 Å². The summed E-state index contributed by atoms with van der Waals surface area (Å²) < 4.78 is 0. The van der Waals surface area contributed by atoms with Crippen molar-refractivity contribution in [3.63, 3.8) is 0 Å². The first-order chi connectivity index (χ1) is 9.16. The molecule has 0 atom stereocenters. The van der Waals surface area contributed by atoms with Gasteiger partial charge in [-0.15, -0.1) is 11.8 Å². The average Bonchev–Trinajstić information content (AvgIpc) is 2.46. The monoisotopic (exact) mass is 285 g/mol. The third kappa shape index (κ3) is 4.65. The molecule has 0 aromatic heterocycles. The van der Waals surface area contributed by atoms with Crippen molar-refractivity contribution in [3.8, 4) is 0 Å². The maximum atomic E-state index is 12.2. The molecule has 1 amide bonds. The quantitative estimate of drug-likeness (QED) is 0.837. The maximum Gasteiger partial charge on any atom is 0.232 e. The minimum atomic E-state index is 0.348. The van der Waals surface area contributed by atoms with E-state index in [4.69, 9.17) is 0 Å². The molecule has 0 spiro atoms. The fraction of sp³-hybridized carbons (Fsp3) is 0.929. The zero-order chi connectivity index (χ0) is 13.7. The summed E-state index contributed by atoms with van der Waals surface area (Å²) in [5.74, 6) is 1.03. The third-order valence-corrected chi connectivity index (χ3v) is 5.63. The van der Waals surface area contributed by atoms with Gasteiger partial charge in [-0.3, -0.25) is 4.79 Å². The minimum absolute atomic E-state index is 0.348. The highest BCUT2D eigenvalue weighted by atomic mass is 32.2. The zero-order valence-electron chi connectivity index (χ0n) is 12.2. The molecule has 0 bridgehead atoms. The lowest BCUT2D eigenvalue weighted by Gasteiger charge is -2.35.